The molecule has 2 aliphatic rings. The van der Waals surface area contributed by atoms with Crippen molar-refractivity contribution in [3.63, 3.8) is 0 Å². The van der Waals surface area contributed by atoms with Crippen molar-refractivity contribution in [1.82, 2.24) is 9.88 Å². The maximum Gasteiger partial charge on any atom is 0.0406 e. The molecular weight excluding hydrogens is 306 g/mol. The van der Waals surface area contributed by atoms with Crippen LogP contribution in [0.25, 0.3) is 0 Å². The lowest BCUT2D eigenvalue weighted by molar-refractivity contribution is 0.185. The minimum Gasteiger partial charge on any atom is -0.370 e. The Hall–Kier alpha value is -1.87. The third-order valence-corrected chi connectivity index (χ3v) is 5.97. The second-order valence-corrected chi connectivity index (χ2v) is 8.12. The van der Waals surface area contributed by atoms with Crippen LogP contribution in [0.5, 0.6) is 0 Å². The summed E-state index contributed by atoms with van der Waals surface area (Å²) in [6.45, 7) is 8.93. The number of likely N-dealkylation sites (tertiary alicyclic amines) is 1. The Labute approximate surface area is 151 Å². The second kappa shape index (κ2) is 6.45. The molecule has 3 heterocycles. The van der Waals surface area contributed by atoms with Crippen molar-refractivity contribution in [2.45, 2.75) is 38.5 Å². The van der Waals surface area contributed by atoms with E-state index in [0.29, 0.717) is 5.41 Å². The smallest absolute Gasteiger partial charge is 0.0406 e. The molecule has 0 aliphatic carbocycles. The van der Waals surface area contributed by atoms with Crippen molar-refractivity contribution in [2.75, 3.05) is 38.1 Å². The van der Waals surface area contributed by atoms with Gasteiger partial charge in [0.1, 0.15) is 0 Å². The van der Waals surface area contributed by atoms with Gasteiger partial charge in [-0.3, -0.25) is 4.98 Å². The summed E-state index contributed by atoms with van der Waals surface area (Å²) >= 11 is 0. The van der Waals surface area contributed by atoms with Gasteiger partial charge in [-0.1, -0.05) is 23.8 Å². The Morgan fingerprint density at radius 2 is 2.00 bits per heavy atom. The number of anilines is 1. The van der Waals surface area contributed by atoms with E-state index < -0.39 is 0 Å². The van der Waals surface area contributed by atoms with Crippen LogP contribution < -0.4 is 4.90 Å². The number of benzene rings is 1. The van der Waals surface area contributed by atoms with Crippen LogP contribution in [-0.2, 0) is 11.8 Å². The number of aryl methyl sites for hydroxylation is 2. The number of hydrogen-bond acceptors (Lipinski definition) is 3. The molecule has 0 bridgehead atoms. The molecule has 0 saturated carbocycles. The molecule has 1 saturated heterocycles. The van der Waals surface area contributed by atoms with Gasteiger partial charge in [0.25, 0.3) is 0 Å². The van der Waals surface area contributed by atoms with Gasteiger partial charge in [-0.05, 0) is 70.0 Å². The van der Waals surface area contributed by atoms with Crippen molar-refractivity contribution in [3.05, 3.63) is 58.9 Å². The third-order valence-electron chi connectivity index (χ3n) is 5.97. The molecule has 1 spiro atoms. The monoisotopic (exact) mass is 335 g/mol. The molecule has 132 valence electrons. The van der Waals surface area contributed by atoms with Crippen LogP contribution in [0.15, 0.2) is 36.5 Å². The first kappa shape index (κ1) is 16.6. The van der Waals surface area contributed by atoms with Crippen LogP contribution in [0.1, 0.15) is 35.2 Å². The predicted octanol–water partition coefficient (Wildman–Crippen LogP) is 3.72. The van der Waals surface area contributed by atoms with Gasteiger partial charge in [0, 0.05) is 42.6 Å². The molecule has 3 heteroatoms. The number of piperidine rings is 1. The molecule has 0 N–H and O–H groups in total. The largest absolute Gasteiger partial charge is 0.370 e. The Balaban J connectivity index is 1.58. The molecule has 3 nitrogen and oxygen atoms in total. The van der Waals surface area contributed by atoms with Crippen molar-refractivity contribution in [1.29, 1.82) is 0 Å². The molecule has 1 aromatic carbocycles. The zero-order chi connectivity index (χ0) is 17.4. The van der Waals surface area contributed by atoms with Gasteiger partial charge in [0.15, 0.2) is 0 Å². The van der Waals surface area contributed by atoms with E-state index in [-0.39, 0.29) is 0 Å². The molecule has 1 unspecified atom stereocenters. The van der Waals surface area contributed by atoms with Gasteiger partial charge in [0.2, 0.25) is 0 Å². The summed E-state index contributed by atoms with van der Waals surface area (Å²) in [5.74, 6) is 0. The predicted molar refractivity (Wildman–Crippen MR) is 104 cm³/mol. The van der Waals surface area contributed by atoms with Crippen molar-refractivity contribution < 1.29 is 0 Å². The molecule has 2 aliphatic heterocycles. The molecule has 1 fully saturated rings. The summed E-state index contributed by atoms with van der Waals surface area (Å²) in [4.78, 5) is 9.58. The zero-order valence-electron chi connectivity index (χ0n) is 15.8. The van der Waals surface area contributed by atoms with Gasteiger partial charge in [-0.2, -0.15) is 0 Å². The van der Waals surface area contributed by atoms with Crippen LogP contribution in [0.3, 0.4) is 0 Å². The number of hydrogen-bond donors (Lipinski definition) is 0. The normalized spacial score (nSPS) is 23.2. The molecule has 0 amide bonds. The van der Waals surface area contributed by atoms with Gasteiger partial charge >= 0.3 is 0 Å². The van der Waals surface area contributed by atoms with Crippen LogP contribution in [0.4, 0.5) is 5.69 Å². The topological polar surface area (TPSA) is 19.4 Å². The van der Waals surface area contributed by atoms with Crippen molar-refractivity contribution in [3.8, 4) is 0 Å². The number of nitrogens with zero attached hydrogens (tertiary/aromatic N) is 3. The molecule has 1 atom stereocenters. The quantitative estimate of drug-likeness (QED) is 0.852. The van der Waals surface area contributed by atoms with Crippen LogP contribution >= 0.6 is 0 Å². The highest BCUT2D eigenvalue weighted by Gasteiger charge is 2.44. The molecular formula is C22H29N3. The van der Waals surface area contributed by atoms with E-state index in [2.05, 4.69) is 59.1 Å². The van der Waals surface area contributed by atoms with Gasteiger partial charge in [-0.25, -0.2) is 0 Å². The fourth-order valence-electron chi connectivity index (χ4n) is 4.71. The first-order valence-electron chi connectivity index (χ1n) is 9.52. The number of rotatable bonds is 3. The molecule has 4 rings (SSSR count). The minimum atomic E-state index is 0.319. The van der Waals surface area contributed by atoms with E-state index in [0.717, 1.165) is 25.2 Å². The second-order valence-electron chi connectivity index (χ2n) is 8.12. The fraction of sp³-hybridized carbons (Fsp3) is 0.500. The number of aromatic nitrogens is 1. The molecule has 0 radical (unpaired) electrons. The Morgan fingerprint density at radius 1 is 1.12 bits per heavy atom. The summed E-state index contributed by atoms with van der Waals surface area (Å²) in [5.41, 5.74) is 7.17. The average molecular weight is 335 g/mol. The maximum atomic E-state index is 4.45. The SMILES string of the molecule is Cc1ccc2c(c1)C1(CCCN(C)C1)CN2CCc1ccc(C)nc1. The highest BCUT2D eigenvalue weighted by molar-refractivity contribution is 5.64. The summed E-state index contributed by atoms with van der Waals surface area (Å²) in [5, 5.41) is 0. The number of pyridine rings is 1. The highest BCUT2D eigenvalue weighted by Crippen LogP contribution is 2.46. The van der Waals surface area contributed by atoms with E-state index >= 15 is 0 Å². The van der Waals surface area contributed by atoms with Gasteiger partial charge in [-0.15, -0.1) is 0 Å². The molecule has 25 heavy (non-hydrogen) atoms. The van der Waals surface area contributed by atoms with Crippen LogP contribution in [0.2, 0.25) is 0 Å². The summed E-state index contributed by atoms with van der Waals surface area (Å²) in [7, 11) is 2.27. The highest BCUT2D eigenvalue weighted by atomic mass is 15.2. The third kappa shape index (κ3) is 3.18. The van der Waals surface area contributed by atoms with Crippen LogP contribution in [-0.4, -0.2) is 43.1 Å². The summed E-state index contributed by atoms with van der Waals surface area (Å²) in [6, 6.07) is 11.4. The lowest BCUT2D eigenvalue weighted by Crippen LogP contribution is -2.47. The standard InChI is InChI=1S/C22H29N3/c1-17-5-8-21-20(13-17)22(10-4-11-24(3)15-22)16-25(21)12-9-19-7-6-18(2)23-14-19/h5-8,13-14H,4,9-12,15-16H2,1-3H3. The Kier molecular flexibility index (Phi) is 4.28. The van der Waals surface area contributed by atoms with E-state index in [1.165, 1.54) is 42.7 Å². The Bertz CT molecular complexity index is 752. The first-order valence-corrected chi connectivity index (χ1v) is 9.52. The number of fused-ring (bicyclic) bond motifs is 2. The fourth-order valence-corrected chi connectivity index (χ4v) is 4.71. The van der Waals surface area contributed by atoms with Crippen LogP contribution in [0, 0.1) is 13.8 Å². The lowest BCUT2D eigenvalue weighted by atomic mass is 9.75. The van der Waals surface area contributed by atoms with E-state index in [9.17, 15) is 0 Å². The van der Waals surface area contributed by atoms with Crippen molar-refractivity contribution >= 4 is 5.69 Å². The van der Waals surface area contributed by atoms with E-state index in [1.54, 1.807) is 5.56 Å². The Morgan fingerprint density at radius 3 is 2.76 bits per heavy atom. The lowest BCUT2D eigenvalue weighted by Gasteiger charge is -2.39. The number of likely N-dealkylation sites (N-methyl/N-ethyl adjacent to an activating group) is 1. The maximum absolute atomic E-state index is 4.45. The average Bonchev–Trinajstić information content (AvgIpc) is 2.87. The van der Waals surface area contributed by atoms with E-state index in [1.807, 2.05) is 13.1 Å². The minimum absolute atomic E-state index is 0.319. The zero-order valence-corrected chi connectivity index (χ0v) is 15.8. The summed E-state index contributed by atoms with van der Waals surface area (Å²) in [6.07, 6.45) is 5.72. The van der Waals surface area contributed by atoms with Crippen molar-refractivity contribution in [2.24, 2.45) is 0 Å². The van der Waals surface area contributed by atoms with Gasteiger partial charge in [0.05, 0.1) is 0 Å². The summed E-state index contributed by atoms with van der Waals surface area (Å²) < 4.78 is 0. The molecule has 2 aromatic rings. The van der Waals surface area contributed by atoms with E-state index in [4.69, 9.17) is 0 Å². The van der Waals surface area contributed by atoms with Gasteiger partial charge < -0.3 is 9.80 Å². The first-order chi connectivity index (χ1) is 12.1. The molecule has 1 aromatic heterocycles.